The molecule has 2 aliphatic heterocycles. The van der Waals surface area contributed by atoms with E-state index >= 15 is 0 Å². The van der Waals surface area contributed by atoms with Crippen LogP contribution in [0.4, 0.5) is 4.79 Å². The van der Waals surface area contributed by atoms with Gasteiger partial charge in [-0.2, -0.15) is 0 Å². The largest absolute Gasteiger partial charge is 0.465 e. The Morgan fingerprint density at radius 1 is 1.03 bits per heavy atom. The maximum atomic E-state index is 11.4. The summed E-state index contributed by atoms with van der Waals surface area (Å²) < 4.78 is 0. The van der Waals surface area contributed by atoms with E-state index in [1.165, 1.54) is 29.5 Å². The molecule has 2 aromatic rings. The average Bonchev–Trinajstić information content (AvgIpc) is 2.84. The van der Waals surface area contributed by atoms with E-state index in [1.54, 1.807) is 4.90 Å². The molecular formula is C29H38ClN3O2. The van der Waals surface area contributed by atoms with Crippen LogP contribution >= 0.6 is 11.6 Å². The predicted octanol–water partition coefficient (Wildman–Crippen LogP) is 6.24. The smallest absolute Gasteiger partial charge is 0.407 e. The number of nitrogens with zero attached hydrogens (tertiary/aromatic N) is 3. The van der Waals surface area contributed by atoms with Crippen molar-refractivity contribution in [3.8, 4) is 0 Å². The van der Waals surface area contributed by atoms with Gasteiger partial charge in [0, 0.05) is 56.4 Å². The van der Waals surface area contributed by atoms with E-state index in [0.717, 1.165) is 44.0 Å². The number of rotatable bonds is 5. The Morgan fingerprint density at radius 3 is 2.37 bits per heavy atom. The van der Waals surface area contributed by atoms with E-state index in [1.807, 2.05) is 12.1 Å². The molecule has 3 aliphatic rings. The normalized spacial score (nSPS) is 23.5. The van der Waals surface area contributed by atoms with Gasteiger partial charge >= 0.3 is 6.09 Å². The quantitative estimate of drug-likeness (QED) is 0.533. The van der Waals surface area contributed by atoms with Crippen LogP contribution in [0.5, 0.6) is 0 Å². The fourth-order valence-corrected chi connectivity index (χ4v) is 6.78. The number of hydrogen-bond acceptors (Lipinski definition) is 3. The van der Waals surface area contributed by atoms with Gasteiger partial charge in [-0.15, -0.1) is 0 Å². The summed E-state index contributed by atoms with van der Waals surface area (Å²) in [6, 6.07) is 18.3. The first-order valence-corrected chi connectivity index (χ1v) is 13.5. The van der Waals surface area contributed by atoms with Crippen molar-refractivity contribution in [2.24, 2.45) is 5.41 Å². The zero-order valence-corrected chi connectivity index (χ0v) is 21.8. The standard InChI is InChI=1S/C29H38ClN3O2/c1-21(2)25-5-3-4-6-26(25)27-20-31(19-22-7-9-23(30)10-8-22)15-16-33(27)24-17-29(18-24)11-13-32(14-12-29)28(34)35/h3-10,21,24,27H,11-20H2,1-2H3,(H,34,35). The summed E-state index contributed by atoms with van der Waals surface area (Å²) in [4.78, 5) is 18.3. The molecule has 1 N–H and O–H groups in total. The molecular weight excluding hydrogens is 458 g/mol. The molecule has 0 aromatic heterocycles. The van der Waals surface area contributed by atoms with Crippen molar-refractivity contribution in [2.75, 3.05) is 32.7 Å². The van der Waals surface area contributed by atoms with E-state index in [4.69, 9.17) is 11.6 Å². The van der Waals surface area contributed by atoms with Crippen molar-refractivity contribution in [2.45, 2.75) is 64.1 Å². The molecule has 188 valence electrons. The molecule has 3 fully saturated rings. The predicted molar refractivity (Wildman–Crippen MR) is 141 cm³/mol. The van der Waals surface area contributed by atoms with Gasteiger partial charge in [0.15, 0.2) is 0 Å². The number of benzene rings is 2. The van der Waals surface area contributed by atoms with Crippen LogP contribution in [0.25, 0.3) is 0 Å². The summed E-state index contributed by atoms with van der Waals surface area (Å²) in [6.07, 6.45) is 3.67. The number of carboxylic acid groups (broad SMARTS) is 1. The van der Waals surface area contributed by atoms with E-state index in [-0.39, 0.29) is 0 Å². The second-order valence-corrected chi connectivity index (χ2v) is 11.7. The van der Waals surface area contributed by atoms with Crippen molar-refractivity contribution >= 4 is 17.7 Å². The van der Waals surface area contributed by atoms with E-state index < -0.39 is 6.09 Å². The third-order valence-electron chi connectivity index (χ3n) is 8.70. The van der Waals surface area contributed by atoms with Gasteiger partial charge in [0.1, 0.15) is 0 Å². The van der Waals surface area contributed by atoms with Crippen molar-refractivity contribution < 1.29 is 9.90 Å². The number of halogens is 1. The average molecular weight is 496 g/mol. The fourth-order valence-electron chi connectivity index (χ4n) is 6.65. The molecule has 1 amide bonds. The highest BCUT2D eigenvalue weighted by Gasteiger charge is 2.50. The minimum atomic E-state index is -0.766. The van der Waals surface area contributed by atoms with E-state index in [9.17, 15) is 9.90 Å². The molecule has 1 atom stereocenters. The molecule has 0 bridgehead atoms. The van der Waals surface area contributed by atoms with Gasteiger partial charge in [0.2, 0.25) is 0 Å². The van der Waals surface area contributed by atoms with Gasteiger partial charge < -0.3 is 10.0 Å². The highest BCUT2D eigenvalue weighted by atomic mass is 35.5. The Morgan fingerprint density at radius 2 is 1.71 bits per heavy atom. The summed E-state index contributed by atoms with van der Waals surface area (Å²) >= 11 is 6.11. The molecule has 2 aromatic carbocycles. The molecule has 35 heavy (non-hydrogen) atoms. The second-order valence-electron chi connectivity index (χ2n) is 11.2. The second kappa shape index (κ2) is 10.1. The molecule has 6 heteroatoms. The third-order valence-corrected chi connectivity index (χ3v) is 8.96. The molecule has 5 nitrogen and oxygen atoms in total. The molecule has 1 spiro atoms. The molecule has 5 rings (SSSR count). The molecule has 0 radical (unpaired) electrons. The minimum absolute atomic E-state index is 0.346. The molecule has 1 aliphatic carbocycles. The first-order valence-electron chi connectivity index (χ1n) is 13.1. The van der Waals surface area contributed by atoms with Crippen LogP contribution in [0, 0.1) is 5.41 Å². The van der Waals surface area contributed by atoms with Crippen LogP contribution in [0.1, 0.15) is 68.2 Å². The lowest BCUT2D eigenvalue weighted by atomic mass is 9.59. The fraction of sp³-hybridized carbons (Fsp3) is 0.552. The lowest BCUT2D eigenvalue weighted by molar-refractivity contribution is -0.0749. The van der Waals surface area contributed by atoms with Crippen molar-refractivity contribution in [3.05, 3.63) is 70.2 Å². The Bertz CT molecular complexity index is 1020. The topological polar surface area (TPSA) is 47.0 Å². The zero-order chi connectivity index (χ0) is 24.6. The summed E-state index contributed by atoms with van der Waals surface area (Å²) in [6.45, 7) is 10.1. The van der Waals surface area contributed by atoms with Crippen molar-refractivity contribution in [1.29, 1.82) is 0 Å². The Balaban J connectivity index is 1.33. The summed E-state index contributed by atoms with van der Waals surface area (Å²) in [5.41, 5.74) is 4.59. The number of carbonyl (C=O) groups is 1. The van der Waals surface area contributed by atoms with Crippen LogP contribution in [-0.4, -0.2) is 64.7 Å². The number of hydrogen-bond donors (Lipinski definition) is 1. The molecule has 1 saturated carbocycles. The number of piperazine rings is 1. The van der Waals surface area contributed by atoms with Crippen LogP contribution < -0.4 is 0 Å². The van der Waals surface area contributed by atoms with Crippen molar-refractivity contribution in [3.63, 3.8) is 0 Å². The van der Waals surface area contributed by atoms with Crippen LogP contribution in [-0.2, 0) is 6.54 Å². The number of piperidine rings is 1. The lowest BCUT2D eigenvalue weighted by Gasteiger charge is -2.58. The first kappa shape index (κ1) is 24.6. The van der Waals surface area contributed by atoms with E-state index in [2.05, 4.69) is 60.0 Å². The Hall–Kier alpha value is -2.08. The number of amides is 1. The molecule has 2 saturated heterocycles. The maximum absolute atomic E-state index is 11.4. The Kier molecular flexibility index (Phi) is 7.11. The maximum Gasteiger partial charge on any atom is 0.407 e. The van der Waals surface area contributed by atoms with Gasteiger partial charge in [-0.1, -0.05) is 61.8 Å². The van der Waals surface area contributed by atoms with Gasteiger partial charge in [-0.3, -0.25) is 9.80 Å². The summed E-state index contributed by atoms with van der Waals surface area (Å²) in [5.74, 6) is 0.493. The van der Waals surface area contributed by atoms with Crippen LogP contribution in [0.2, 0.25) is 5.02 Å². The van der Waals surface area contributed by atoms with E-state index in [0.29, 0.717) is 36.5 Å². The summed E-state index contributed by atoms with van der Waals surface area (Å²) in [7, 11) is 0. The highest BCUT2D eigenvalue weighted by molar-refractivity contribution is 6.30. The first-order chi connectivity index (χ1) is 16.8. The van der Waals surface area contributed by atoms with Gasteiger partial charge in [-0.25, -0.2) is 4.79 Å². The van der Waals surface area contributed by atoms with Gasteiger partial charge in [-0.05, 0) is 65.8 Å². The monoisotopic (exact) mass is 495 g/mol. The lowest BCUT2D eigenvalue weighted by Crippen LogP contribution is -2.60. The van der Waals surface area contributed by atoms with Crippen molar-refractivity contribution in [1.82, 2.24) is 14.7 Å². The summed E-state index contributed by atoms with van der Waals surface area (Å²) in [5, 5.41) is 10.1. The van der Waals surface area contributed by atoms with Gasteiger partial charge in [0.05, 0.1) is 0 Å². The molecule has 1 unspecified atom stereocenters. The Labute approximate surface area is 214 Å². The van der Waals surface area contributed by atoms with Gasteiger partial charge in [0.25, 0.3) is 0 Å². The highest BCUT2D eigenvalue weighted by Crippen LogP contribution is 2.53. The number of likely N-dealkylation sites (tertiary alicyclic amines) is 1. The SMILES string of the molecule is CC(C)c1ccccc1C1CN(Cc2ccc(Cl)cc2)CCN1C1CC2(CCN(C(=O)O)CC2)C1. The third kappa shape index (κ3) is 5.23. The zero-order valence-electron chi connectivity index (χ0n) is 21.0. The minimum Gasteiger partial charge on any atom is -0.465 e. The molecule has 2 heterocycles. The van der Waals surface area contributed by atoms with Crippen LogP contribution in [0.3, 0.4) is 0 Å². The van der Waals surface area contributed by atoms with Crippen LogP contribution in [0.15, 0.2) is 48.5 Å².